The molecule has 10 heavy (non-hydrogen) atoms. The second-order valence-electron chi connectivity index (χ2n) is 3.25. The summed E-state index contributed by atoms with van der Waals surface area (Å²) in [6.45, 7) is 4.72. The molecule has 1 fully saturated rings. The van der Waals surface area contributed by atoms with Crippen molar-refractivity contribution < 1.29 is 9.84 Å². The van der Waals surface area contributed by atoms with Crippen LogP contribution in [0.4, 0.5) is 0 Å². The summed E-state index contributed by atoms with van der Waals surface area (Å²) < 4.78 is 5.38. The van der Waals surface area contributed by atoms with Gasteiger partial charge >= 0.3 is 0 Å². The van der Waals surface area contributed by atoms with Crippen LogP contribution in [0.1, 0.15) is 34.1 Å². The molecule has 1 unspecified atom stereocenters. The lowest BCUT2D eigenvalue weighted by Crippen LogP contribution is -2.36. The molecule has 0 aromatic carbocycles. The first-order chi connectivity index (χ1) is 4.10. The number of ether oxygens (including phenoxy) is 1. The van der Waals surface area contributed by atoms with Gasteiger partial charge in [0.05, 0.1) is 11.7 Å². The third-order valence-electron chi connectivity index (χ3n) is 1.67. The van der Waals surface area contributed by atoms with Crippen molar-refractivity contribution in [3.63, 3.8) is 0 Å². The van der Waals surface area contributed by atoms with E-state index in [0.29, 0.717) is 6.61 Å². The van der Waals surface area contributed by atoms with Crippen LogP contribution < -0.4 is 0 Å². The molecular weight excluding hydrogens is 128 g/mol. The van der Waals surface area contributed by atoms with Gasteiger partial charge in [-0.2, -0.15) is 0 Å². The van der Waals surface area contributed by atoms with Crippen LogP contribution in [0.2, 0.25) is 0 Å². The molecule has 0 aliphatic carbocycles. The summed E-state index contributed by atoms with van der Waals surface area (Å²) in [4.78, 5) is 0. The van der Waals surface area contributed by atoms with E-state index < -0.39 is 0 Å². The lowest BCUT2D eigenvalue weighted by atomic mass is 9.96. The molecular formula is C8H18O2. The van der Waals surface area contributed by atoms with E-state index in [4.69, 9.17) is 9.84 Å². The quantitative estimate of drug-likeness (QED) is 0.562. The zero-order valence-electron chi connectivity index (χ0n) is 6.05. The maximum atomic E-state index is 9.16. The molecule has 1 aliphatic rings. The summed E-state index contributed by atoms with van der Waals surface area (Å²) in [6.07, 6.45) is 1.42. The molecule has 0 spiro atoms. The highest BCUT2D eigenvalue weighted by Gasteiger charge is 2.26. The van der Waals surface area contributed by atoms with Gasteiger partial charge in [0.2, 0.25) is 0 Å². The monoisotopic (exact) mass is 146 g/mol. The third kappa shape index (κ3) is 2.67. The highest BCUT2D eigenvalue weighted by molar-refractivity contribution is 4.77. The fourth-order valence-corrected chi connectivity index (χ4v) is 1.20. The molecule has 0 radical (unpaired) electrons. The number of rotatable bonds is 0. The van der Waals surface area contributed by atoms with Crippen LogP contribution >= 0.6 is 0 Å². The maximum absolute atomic E-state index is 9.16. The molecule has 1 rings (SSSR count). The molecule has 0 saturated carbocycles. The summed E-state index contributed by atoms with van der Waals surface area (Å²) in [5.74, 6) is 0. The van der Waals surface area contributed by atoms with E-state index in [0.717, 1.165) is 12.8 Å². The number of aliphatic hydroxyl groups excluding tert-OH is 1. The van der Waals surface area contributed by atoms with Crippen LogP contribution in [0.3, 0.4) is 0 Å². The minimum absolute atomic E-state index is 0. The highest BCUT2D eigenvalue weighted by atomic mass is 16.5. The molecule has 2 nitrogen and oxygen atoms in total. The van der Waals surface area contributed by atoms with Crippen LogP contribution in [-0.4, -0.2) is 23.4 Å². The standard InChI is InChI=1S/C7H14O2.CH4/c1-7(2)5-6(8)3-4-9-7;/h6,8H,3-5H2,1-2H3;1H4. The van der Waals surface area contributed by atoms with E-state index in [9.17, 15) is 0 Å². The summed E-state index contributed by atoms with van der Waals surface area (Å²) in [7, 11) is 0. The number of hydrogen-bond acceptors (Lipinski definition) is 2. The average molecular weight is 146 g/mol. The van der Waals surface area contributed by atoms with Crippen molar-refractivity contribution in [3.05, 3.63) is 0 Å². The van der Waals surface area contributed by atoms with Gasteiger partial charge in [-0.15, -0.1) is 0 Å². The van der Waals surface area contributed by atoms with Crippen LogP contribution in [-0.2, 0) is 4.74 Å². The lowest BCUT2D eigenvalue weighted by Gasteiger charge is -2.32. The van der Waals surface area contributed by atoms with Crippen molar-refractivity contribution in [1.82, 2.24) is 0 Å². The molecule has 1 atom stereocenters. The Balaban J connectivity index is 0.000000810. The fraction of sp³-hybridized carbons (Fsp3) is 1.00. The Bertz CT molecular complexity index is 99.4. The molecule has 0 aromatic rings. The van der Waals surface area contributed by atoms with Crippen molar-refractivity contribution in [2.24, 2.45) is 0 Å². The van der Waals surface area contributed by atoms with E-state index >= 15 is 0 Å². The smallest absolute Gasteiger partial charge is 0.0651 e. The van der Waals surface area contributed by atoms with E-state index in [1.54, 1.807) is 0 Å². The number of hydrogen-bond donors (Lipinski definition) is 1. The first kappa shape index (κ1) is 9.92. The van der Waals surface area contributed by atoms with Gasteiger partial charge in [-0.1, -0.05) is 7.43 Å². The summed E-state index contributed by atoms with van der Waals surface area (Å²) in [5, 5.41) is 9.16. The van der Waals surface area contributed by atoms with Crippen LogP contribution in [0.25, 0.3) is 0 Å². The second-order valence-corrected chi connectivity index (χ2v) is 3.25. The van der Waals surface area contributed by atoms with Crippen molar-refractivity contribution >= 4 is 0 Å². The minimum atomic E-state index is -0.145. The molecule has 0 bridgehead atoms. The molecule has 1 aliphatic heterocycles. The van der Waals surface area contributed by atoms with Crippen molar-refractivity contribution in [3.8, 4) is 0 Å². The third-order valence-corrected chi connectivity index (χ3v) is 1.67. The summed E-state index contributed by atoms with van der Waals surface area (Å²) >= 11 is 0. The van der Waals surface area contributed by atoms with Gasteiger partial charge in [0.1, 0.15) is 0 Å². The SMILES string of the molecule is C.CC1(C)CC(O)CCO1. The number of aliphatic hydroxyl groups is 1. The van der Waals surface area contributed by atoms with Crippen LogP contribution in [0.15, 0.2) is 0 Å². The Hall–Kier alpha value is -0.0800. The zero-order valence-corrected chi connectivity index (χ0v) is 6.05. The topological polar surface area (TPSA) is 29.5 Å². The molecule has 0 aromatic heterocycles. The van der Waals surface area contributed by atoms with E-state index in [2.05, 4.69) is 0 Å². The normalized spacial score (nSPS) is 30.9. The maximum Gasteiger partial charge on any atom is 0.0651 e. The Morgan fingerprint density at radius 1 is 1.50 bits per heavy atom. The Morgan fingerprint density at radius 3 is 2.40 bits per heavy atom. The lowest BCUT2D eigenvalue weighted by molar-refractivity contribution is -0.0960. The zero-order chi connectivity index (χ0) is 6.91. The van der Waals surface area contributed by atoms with Crippen LogP contribution in [0.5, 0.6) is 0 Å². The summed E-state index contributed by atoms with van der Waals surface area (Å²) in [5.41, 5.74) is -0.0995. The first-order valence-electron chi connectivity index (χ1n) is 3.42. The Labute approximate surface area is 63.2 Å². The molecule has 1 saturated heterocycles. The highest BCUT2D eigenvalue weighted by Crippen LogP contribution is 2.23. The van der Waals surface area contributed by atoms with E-state index in [1.807, 2.05) is 13.8 Å². The van der Waals surface area contributed by atoms with Crippen molar-refractivity contribution in [2.75, 3.05) is 6.61 Å². The molecule has 1 N–H and O–H groups in total. The van der Waals surface area contributed by atoms with Gasteiger partial charge < -0.3 is 9.84 Å². The molecule has 0 amide bonds. The minimum Gasteiger partial charge on any atom is -0.393 e. The molecule has 62 valence electrons. The molecule has 1 heterocycles. The van der Waals surface area contributed by atoms with Gasteiger partial charge in [-0.3, -0.25) is 0 Å². The molecule has 2 heteroatoms. The van der Waals surface area contributed by atoms with E-state index in [1.165, 1.54) is 0 Å². The largest absolute Gasteiger partial charge is 0.393 e. The van der Waals surface area contributed by atoms with Gasteiger partial charge in [0.25, 0.3) is 0 Å². The Morgan fingerprint density at radius 2 is 2.10 bits per heavy atom. The average Bonchev–Trinajstić information content (AvgIpc) is 1.60. The van der Waals surface area contributed by atoms with Crippen molar-refractivity contribution in [2.45, 2.75) is 45.8 Å². The second kappa shape index (κ2) is 3.35. The van der Waals surface area contributed by atoms with Gasteiger partial charge in [0.15, 0.2) is 0 Å². The predicted molar refractivity (Wildman–Crippen MR) is 42.0 cm³/mol. The fourth-order valence-electron chi connectivity index (χ4n) is 1.20. The van der Waals surface area contributed by atoms with Crippen molar-refractivity contribution in [1.29, 1.82) is 0 Å². The Kier molecular flexibility index (Phi) is 3.33. The van der Waals surface area contributed by atoms with E-state index in [-0.39, 0.29) is 19.1 Å². The summed E-state index contributed by atoms with van der Waals surface area (Å²) in [6, 6.07) is 0. The first-order valence-corrected chi connectivity index (χ1v) is 3.42. The van der Waals surface area contributed by atoms with Crippen LogP contribution in [0, 0.1) is 0 Å². The van der Waals surface area contributed by atoms with Gasteiger partial charge in [-0.05, 0) is 20.3 Å². The van der Waals surface area contributed by atoms with Gasteiger partial charge in [0, 0.05) is 13.0 Å². The van der Waals surface area contributed by atoms with Gasteiger partial charge in [-0.25, -0.2) is 0 Å². The predicted octanol–water partition coefficient (Wildman–Crippen LogP) is 1.57.